The molecule has 7 heteroatoms. The van der Waals surface area contributed by atoms with Crippen LogP contribution in [0, 0.1) is 0 Å². The minimum atomic E-state index is 0.0469. The Morgan fingerprint density at radius 3 is 2.56 bits per heavy atom. The number of rotatable bonds is 7. The normalized spacial score (nSPS) is 10.6. The van der Waals surface area contributed by atoms with E-state index >= 15 is 0 Å². The molecule has 0 aliphatic rings. The first kappa shape index (κ1) is 19.0. The number of nitrogens with zero attached hydrogens (tertiary/aromatic N) is 4. The largest absolute Gasteiger partial charge is 0.496 e. The summed E-state index contributed by atoms with van der Waals surface area (Å²) in [5.41, 5.74) is 1.98. The van der Waals surface area contributed by atoms with Crippen molar-refractivity contribution in [1.29, 1.82) is 0 Å². The smallest absolute Gasteiger partial charge is 0.233 e. The molecule has 1 aromatic heterocycles. The van der Waals surface area contributed by atoms with Crippen LogP contribution in [0.2, 0.25) is 0 Å². The molecule has 3 rings (SSSR count). The molecule has 2 aromatic carbocycles. The first-order valence-electron chi connectivity index (χ1n) is 8.53. The van der Waals surface area contributed by atoms with Crippen molar-refractivity contribution in [3.63, 3.8) is 0 Å². The van der Waals surface area contributed by atoms with E-state index in [2.05, 4.69) is 10.2 Å². The summed E-state index contributed by atoms with van der Waals surface area (Å²) < 4.78 is 7.28. The Kier molecular flexibility index (Phi) is 6.13. The van der Waals surface area contributed by atoms with E-state index in [0.717, 1.165) is 16.9 Å². The van der Waals surface area contributed by atoms with Crippen LogP contribution in [0.4, 0.5) is 0 Å². The van der Waals surface area contributed by atoms with Crippen LogP contribution in [0.15, 0.2) is 59.8 Å². The van der Waals surface area contributed by atoms with Crippen LogP contribution in [0.25, 0.3) is 11.4 Å². The number of hydrogen-bond acceptors (Lipinski definition) is 5. The number of thioether (sulfide) groups is 1. The van der Waals surface area contributed by atoms with Gasteiger partial charge in [-0.1, -0.05) is 54.2 Å². The minimum Gasteiger partial charge on any atom is -0.496 e. The molecular formula is C20H22N4O2S. The Labute approximate surface area is 163 Å². The van der Waals surface area contributed by atoms with Gasteiger partial charge in [-0.3, -0.25) is 4.79 Å². The van der Waals surface area contributed by atoms with Crippen molar-refractivity contribution >= 4 is 17.7 Å². The second-order valence-corrected chi connectivity index (χ2v) is 7.03. The second-order valence-electron chi connectivity index (χ2n) is 6.09. The van der Waals surface area contributed by atoms with Gasteiger partial charge < -0.3 is 14.2 Å². The quantitative estimate of drug-likeness (QED) is 0.587. The Hall–Kier alpha value is -2.80. The molecule has 0 N–H and O–H groups in total. The lowest BCUT2D eigenvalue weighted by Gasteiger charge is -2.16. The number of hydrogen-bond donors (Lipinski definition) is 0. The minimum absolute atomic E-state index is 0.0469. The predicted molar refractivity (Wildman–Crippen MR) is 107 cm³/mol. The number of carbonyl (C=O) groups excluding carboxylic acids is 1. The van der Waals surface area contributed by atoms with Gasteiger partial charge in [0.25, 0.3) is 0 Å². The van der Waals surface area contributed by atoms with E-state index < -0.39 is 0 Å². The molecular weight excluding hydrogens is 360 g/mol. The fraction of sp³-hybridized carbons (Fsp3) is 0.250. The van der Waals surface area contributed by atoms with Crippen molar-refractivity contribution in [3.8, 4) is 17.1 Å². The van der Waals surface area contributed by atoms with Crippen molar-refractivity contribution in [2.45, 2.75) is 11.7 Å². The van der Waals surface area contributed by atoms with Gasteiger partial charge in [0.1, 0.15) is 5.75 Å². The third kappa shape index (κ3) is 4.49. The summed E-state index contributed by atoms with van der Waals surface area (Å²) in [6.07, 6.45) is 0. The average molecular weight is 382 g/mol. The third-order valence-electron chi connectivity index (χ3n) is 4.20. The Bertz CT molecular complexity index is 911. The Morgan fingerprint density at radius 2 is 1.81 bits per heavy atom. The van der Waals surface area contributed by atoms with Crippen molar-refractivity contribution in [3.05, 3.63) is 60.2 Å². The van der Waals surface area contributed by atoms with Gasteiger partial charge in [0.2, 0.25) is 5.91 Å². The summed E-state index contributed by atoms with van der Waals surface area (Å²) in [4.78, 5) is 14.2. The van der Waals surface area contributed by atoms with E-state index in [1.165, 1.54) is 11.8 Å². The molecule has 6 nitrogen and oxygen atoms in total. The Balaban J connectivity index is 1.65. The zero-order chi connectivity index (χ0) is 19.2. The monoisotopic (exact) mass is 382 g/mol. The molecule has 140 valence electrons. The van der Waals surface area contributed by atoms with Crippen LogP contribution in [-0.4, -0.2) is 45.5 Å². The van der Waals surface area contributed by atoms with E-state index in [1.807, 2.05) is 73.3 Å². The molecule has 3 aromatic rings. The lowest BCUT2D eigenvalue weighted by molar-refractivity contribution is -0.127. The van der Waals surface area contributed by atoms with Gasteiger partial charge in [0, 0.05) is 20.6 Å². The molecule has 0 saturated carbocycles. The summed E-state index contributed by atoms with van der Waals surface area (Å²) >= 11 is 1.38. The van der Waals surface area contributed by atoms with Crippen LogP contribution < -0.4 is 4.74 Å². The van der Waals surface area contributed by atoms with Crippen molar-refractivity contribution < 1.29 is 9.53 Å². The number of methoxy groups -OCH3 is 1. The van der Waals surface area contributed by atoms with E-state index in [-0.39, 0.29) is 5.91 Å². The highest BCUT2D eigenvalue weighted by Crippen LogP contribution is 2.30. The summed E-state index contributed by atoms with van der Waals surface area (Å²) in [6.45, 7) is 0.589. The summed E-state index contributed by atoms with van der Waals surface area (Å²) in [5, 5.41) is 9.20. The summed E-state index contributed by atoms with van der Waals surface area (Å²) in [7, 11) is 5.33. The van der Waals surface area contributed by atoms with Gasteiger partial charge in [-0.2, -0.15) is 0 Å². The first-order valence-corrected chi connectivity index (χ1v) is 9.52. The first-order chi connectivity index (χ1) is 13.1. The molecule has 0 bridgehead atoms. The predicted octanol–water partition coefficient (Wildman–Crippen LogP) is 3.24. The van der Waals surface area contributed by atoms with Gasteiger partial charge in [-0.05, 0) is 17.7 Å². The van der Waals surface area contributed by atoms with Crippen LogP contribution >= 0.6 is 11.8 Å². The van der Waals surface area contributed by atoms with Gasteiger partial charge in [-0.25, -0.2) is 0 Å². The van der Waals surface area contributed by atoms with Gasteiger partial charge >= 0.3 is 0 Å². The SMILES string of the molecule is COc1ccccc1-c1nnc(SCC(=O)N(C)Cc2ccccc2)n1C. The average Bonchev–Trinajstić information content (AvgIpc) is 3.07. The van der Waals surface area contributed by atoms with Crippen LogP contribution in [0.5, 0.6) is 5.75 Å². The molecule has 0 atom stereocenters. The number of para-hydroxylation sites is 1. The van der Waals surface area contributed by atoms with Crippen molar-refractivity contribution in [1.82, 2.24) is 19.7 Å². The summed E-state index contributed by atoms with van der Waals surface area (Å²) in [5.74, 6) is 1.80. The van der Waals surface area contributed by atoms with E-state index in [0.29, 0.717) is 23.3 Å². The maximum Gasteiger partial charge on any atom is 0.233 e. The molecule has 1 heterocycles. The van der Waals surface area contributed by atoms with Gasteiger partial charge in [0.15, 0.2) is 11.0 Å². The summed E-state index contributed by atoms with van der Waals surface area (Å²) in [6, 6.07) is 17.6. The Morgan fingerprint density at radius 1 is 1.11 bits per heavy atom. The number of amides is 1. The molecule has 0 saturated heterocycles. The van der Waals surface area contributed by atoms with Crippen LogP contribution in [-0.2, 0) is 18.4 Å². The highest BCUT2D eigenvalue weighted by Gasteiger charge is 2.17. The topological polar surface area (TPSA) is 60.3 Å². The van der Waals surface area contributed by atoms with Crippen molar-refractivity contribution in [2.24, 2.45) is 7.05 Å². The fourth-order valence-electron chi connectivity index (χ4n) is 2.69. The maximum absolute atomic E-state index is 12.4. The molecule has 0 unspecified atom stereocenters. The van der Waals surface area contributed by atoms with Crippen LogP contribution in [0.1, 0.15) is 5.56 Å². The highest BCUT2D eigenvalue weighted by atomic mass is 32.2. The lowest BCUT2D eigenvalue weighted by Crippen LogP contribution is -2.27. The fourth-order valence-corrected chi connectivity index (χ4v) is 3.54. The maximum atomic E-state index is 12.4. The highest BCUT2D eigenvalue weighted by molar-refractivity contribution is 7.99. The van der Waals surface area contributed by atoms with Crippen molar-refractivity contribution in [2.75, 3.05) is 19.9 Å². The van der Waals surface area contributed by atoms with E-state index in [1.54, 1.807) is 12.0 Å². The molecule has 0 radical (unpaired) electrons. The zero-order valence-corrected chi connectivity index (χ0v) is 16.4. The molecule has 0 fully saturated rings. The number of aromatic nitrogens is 3. The lowest BCUT2D eigenvalue weighted by atomic mass is 10.2. The molecule has 0 spiro atoms. The molecule has 0 aliphatic heterocycles. The number of ether oxygens (including phenoxy) is 1. The zero-order valence-electron chi connectivity index (χ0n) is 15.6. The van der Waals surface area contributed by atoms with E-state index in [9.17, 15) is 4.79 Å². The standard InChI is InChI=1S/C20H22N4O2S/c1-23(13-15-9-5-4-6-10-15)18(25)14-27-20-22-21-19(24(20)2)16-11-7-8-12-17(16)26-3/h4-12H,13-14H2,1-3H3. The second kappa shape index (κ2) is 8.73. The van der Waals surface area contributed by atoms with Crippen LogP contribution in [0.3, 0.4) is 0 Å². The molecule has 1 amide bonds. The van der Waals surface area contributed by atoms with E-state index in [4.69, 9.17) is 4.74 Å². The number of benzene rings is 2. The van der Waals surface area contributed by atoms with Gasteiger partial charge in [-0.15, -0.1) is 10.2 Å². The molecule has 27 heavy (non-hydrogen) atoms. The number of carbonyl (C=O) groups is 1. The third-order valence-corrected chi connectivity index (χ3v) is 5.20. The van der Waals surface area contributed by atoms with Gasteiger partial charge in [0.05, 0.1) is 18.4 Å². The molecule has 0 aliphatic carbocycles.